The summed E-state index contributed by atoms with van der Waals surface area (Å²) in [6.07, 6.45) is 3.03. The van der Waals surface area contributed by atoms with Gasteiger partial charge in [0.15, 0.2) is 0 Å². The summed E-state index contributed by atoms with van der Waals surface area (Å²) in [6.45, 7) is 6.48. The second-order valence-electron chi connectivity index (χ2n) is 6.32. The van der Waals surface area contributed by atoms with Crippen LogP contribution < -0.4 is 5.73 Å². The minimum absolute atomic E-state index is 0.0464. The van der Waals surface area contributed by atoms with Crippen molar-refractivity contribution in [3.63, 3.8) is 0 Å². The van der Waals surface area contributed by atoms with Gasteiger partial charge in [-0.25, -0.2) is 0 Å². The molecule has 1 aromatic heterocycles. The molecule has 3 unspecified atom stereocenters. The monoisotopic (exact) mass is 279 g/mol. The maximum absolute atomic E-state index is 6.59. The zero-order valence-electron chi connectivity index (χ0n) is 12.7. The molecule has 2 fully saturated rings. The first-order chi connectivity index (χ1) is 9.52. The molecule has 0 aliphatic carbocycles. The van der Waals surface area contributed by atoms with E-state index in [0.717, 1.165) is 44.8 Å². The van der Waals surface area contributed by atoms with Crippen molar-refractivity contribution in [1.82, 2.24) is 9.78 Å². The minimum Gasteiger partial charge on any atom is -0.378 e. The molecule has 3 atom stereocenters. The number of hydrogen-bond donors (Lipinski definition) is 1. The molecule has 1 spiro atoms. The first-order valence-electron chi connectivity index (χ1n) is 7.50. The Balaban J connectivity index is 1.81. The van der Waals surface area contributed by atoms with Crippen LogP contribution in [-0.4, -0.2) is 35.2 Å². The molecule has 5 heteroatoms. The topological polar surface area (TPSA) is 62.3 Å². The highest BCUT2D eigenvalue weighted by atomic mass is 16.6. The Morgan fingerprint density at radius 3 is 2.80 bits per heavy atom. The average molecular weight is 279 g/mol. The summed E-state index contributed by atoms with van der Waals surface area (Å²) in [5, 5.41) is 4.50. The number of aromatic nitrogens is 2. The Labute approximate surface area is 120 Å². The van der Waals surface area contributed by atoms with Gasteiger partial charge >= 0.3 is 0 Å². The third kappa shape index (κ3) is 2.28. The largest absolute Gasteiger partial charge is 0.378 e. The lowest BCUT2D eigenvalue weighted by Crippen LogP contribution is -2.43. The number of ether oxygens (including phenoxy) is 2. The first-order valence-corrected chi connectivity index (χ1v) is 7.50. The fourth-order valence-corrected chi connectivity index (χ4v) is 3.74. The predicted molar refractivity (Wildman–Crippen MR) is 76.5 cm³/mol. The van der Waals surface area contributed by atoms with E-state index >= 15 is 0 Å². The van der Waals surface area contributed by atoms with Crippen molar-refractivity contribution >= 4 is 0 Å². The summed E-state index contributed by atoms with van der Waals surface area (Å²) < 4.78 is 13.5. The van der Waals surface area contributed by atoms with Crippen molar-refractivity contribution in [3.8, 4) is 0 Å². The number of nitrogens with zero attached hydrogens (tertiary/aromatic N) is 2. The molecule has 0 bridgehead atoms. The lowest BCUT2D eigenvalue weighted by molar-refractivity contribution is -0.101. The van der Waals surface area contributed by atoms with Crippen LogP contribution in [0.5, 0.6) is 0 Å². The smallest absolute Gasteiger partial charge is 0.0940 e. The van der Waals surface area contributed by atoms with Crippen molar-refractivity contribution in [3.05, 3.63) is 17.0 Å². The molecule has 0 saturated carbocycles. The van der Waals surface area contributed by atoms with E-state index < -0.39 is 0 Å². The van der Waals surface area contributed by atoms with Gasteiger partial charge in [-0.1, -0.05) is 0 Å². The van der Waals surface area contributed by atoms with Gasteiger partial charge < -0.3 is 15.2 Å². The molecule has 2 N–H and O–H groups in total. The number of hydrogen-bond acceptors (Lipinski definition) is 4. The van der Waals surface area contributed by atoms with Gasteiger partial charge in [0.2, 0.25) is 0 Å². The van der Waals surface area contributed by atoms with Crippen molar-refractivity contribution in [2.24, 2.45) is 18.7 Å². The van der Waals surface area contributed by atoms with Crippen molar-refractivity contribution in [2.45, 2.75) is 44.8 Å². The lowest BCUT2D eigenvalue weighted by atomic mass is 9.79. The first kappa shape index (κ1) is 14.0. The molecule has 2 aliphatic rings. The van der Waals surface area contributed by atoms with Crippen LogP contribution >= 0.6 is 0 Å². The van der Waals surface area contributed by atoms with Gasteiger partial charge in [-0.3, -0.25) is 4.68 Å². The molecule has 0 aromatic carbocycles. The molecule has 3 heterocycles. The summed E-state index contributed by atoms with van der Waals surface area (Å²) in [4.78, 5) is 0. The zero-order valence-corrected chi connectivity index (χ0v) is 12.7. The van der Waals surface area contributed by atoms with E-state index in [1.165, 1.54) is 11.3 Å². The predicted octanol–water partition coefficient (Wildman–Crippen LogP) is 1.62. The van der Waals surface area contributed by atoms with Gasteiger partial charge in [0.1, 0.15) is 0 Å². The molecule has 0 amide bonds. The number of nitrogens with two attached hydrogens (primary N) is 1. The fourth-order valence-electron chi connectivity index (χ4n) is 3.74. The molecule has 0 radical (unpaired) electrons. The summed E-state index contributed by atoms with van der Waals surface area (Å²) in [6, 6.07) is 0.0464. The second-order valence-corrected chi connectivity index (χ2v) is 6.32. The van der Waals surface area contributed by atoms with E-state index in [-0.39, 0.29) is 11.6 Å². The van der Waals surface area contributed by atoms with Crippen LogP contribution in [0, 0.1) is 19.8 Å². The van der Waals surface area contributed by atoms with Gasteiger partial charge in [0.25, 0.3) is 0 Å². The van der Waals surface area contributed by atoms with Gasteiger partial charge in [0.05, 0.1) is 17.9 Å². The maximum Gasteiger partial charge on any atom is 0.0940 e. The molecule has 2 aliphatic heterocycles. The third-order valence-corrected chi connectivity index (χ3v) is 5.00. The highest BCUT2D eigenvalue weighted by molar-refractivity contribution is 5.28. The van der Waals surface area contributed by atoms with Crippen molar-refractivity contribution in [1.29, 1.82) is 0 Å². The Bertz CT molecular complexity index is 492. The molecule has 112 valence electrons. The van der Waals surface area contributed by atoms with Crippen LogP contribution in [-0.2, 0) is 16.5 Å². The van der Waals surface area contributed by atoms with E-state index in [0.29, 0.717) is 5.92 Å². The Kier molecular flexibility index (Phi) is 3.60. The molecule has 1 aromatic rings. The van der Waals surface area contributed by atoms with Gasteiger partial charge in [-0.05, 0) is 32.6 Å². The van der Waals surface area contributed by atoms with Crippen LogP contribution in [0.4, 0.5) is 0 Å². The standard InChI is InChI=1S/C15H25N3O2/c1-10-13(11(2)18(3)17-10)14(16)12-4-6-20-15(8-12)5-7-19-9-15/h12,14H,4-9,16H2,1-3H3. The highest BCUT2D eigenvalue weighted by Crippen LogP contribution is 2.41. The normalized spacial score (nSPS) is 31.9. The quantitative estimate of drug-likeness (QED) is 0.893. The van der Waals surface area contributed by atoms with Crippen LogP contribution in [0.25, 0.3) is 0 Å². The molecular weight excluding hydrogens is 254 g/mol. The van der Waals surface area contributed by atoms with E-state index in [1.807, 2.05) is 11.7 Å². The molecule has 3 rings (SSSR count). The highest BCUT2D eigenvalue weighted by Gasteiger charge is 2.43. The molecule has 20 heavy (non-hydrogen) atoms. The minimum atomic E-state index is -0.0788. The van der Waals surface area contributed by atoms with Gasteiger partial charge in [-0.2, -0.15) is 5.10 Å². The van der Waals surface area contributed by atoms with Crippen molar-refractivity contribution < 1.29 is 9.47 Å². The summed E-state index contributed by atoms with van der Waals surface area (Å²) in [5.41, 5.74) is 9.96. The van der Waals surface area contributed by atoms with Crippen LogP contribution in [0.3, 0.4) is 0 Å². The van der Waals surface area contributed by atoms with Crippen LogP contribution in [0.15, 0.2) is 0 Å². The van der Waals surface area contributed by atoms with E-state index in [2.05, 4.69) is 18.9 Å². The average Bonchev–Trinajstić information content (AvgIpc) is 2.95. The van der Waals surface area contributed by atoms with Crippen LogP contribution in [0.1, 0.15) is 42.3 Å². The fraction of sp³-hybridized carbons (Fsp3) is 0.800. The molecule has 2 saturated heterocycles. The Morgan fingerprint density at radius 1 is 1.40 bits per heavy atom. The van der Waals surface area contributed by atoms with E-state index in [4.69, 9.17) is 15.2 Å². The summed E-state index contributed by atoms with van der Waals surface area (Å²) >= 11 is 0. The number of rotatable bonds is 2. The zero-order chi connectivity index (χ0) is 14.3. The lowest BCUT2D eigenvalue weighted by Gasteiger charge is -2.39. The maximum atomic E-state index is 6.59. The van der Waals surface area contributed by atoms with E-state index in [9.17, 15) is 0 Å². The molecular formula is C15H25N3O2. The van der Waals surface area contributed by atoms with Crippen molar-refractivity contribution in [2.75, 3.05) is 19.8 Å². The Morgan fingerprint density at radius 2 is 2.20 bits per heavy atom. The van der Waals surface area contributed by atoms with Gasteiger partial charge in [-0.15, -0.1) is 0 Å². The van der Waals surface area contributed by atoms with E-state index in [1.54, 1.807) is 0 Å². The second kappa shape index (κ2) is 5.13. The summed E-state index contributed by atoms with van der Waals surface area (Å²) in [7, 11) is 1.98. The molecule has 5 nitrogen and oxygen atoms in total. The number of aryl methyl sites for hydroxylation is 2. The third-order valence-electron chi connectivity index (χ3n) is 5.00. The van der Waals surface area contributed by atoms with Gasteiger partial charge in [0, 0.05) is 44.0 Å². The Hall–Kier alpha value is -0.910. The van der Waals surface area contributed by atoms with Crippen LogP contribution in [0.2, 0.25) is 0 Å². The summed E-state index contributed by atoms with van der Waals surface area (Å²) in [5.74, 6) is 0.451. The SMILES string of the molecule is Cc1nn(C)c(C)c1C(N)C1CCOC2(CCOC2)C1.